The minimum atomic E-state index is -2.90. The van der Waals surface area contributed by atoms with E-state index in [1.807, 2.05) is 37.8 Å². The van der Waals surface area contributed by atoms with Crippen molar-refractivity contribution in [3.05, 3.63) is 53.1 Å². The van der Waals surface area contributed by atoms with E-state index in [0.29, 0.717) is 54.5 Å². The van der Waals surface area contributed by atoms with Crippen LogP contribution in [0.3, 0.4) is 0 Å². The van der Waals surface area contributed by atoms with Gasteiger partial charge in [-0.15, -0.1) is 0 Å². The van der Waals surface area contributed by atoms with Gasteiger partial charge in [0, 0.05) is 42.1 Å². The van der Waals surface area contributed by atoms with E-state index in [1.165, 1.54) is 12.1 Å². The van der Waals surface area contributed by atoms with Crippen LogP contribution in [0.1, 0.15) is 57.1 Å². The molecule has 0 bridgehead atoms. The second kappa shape index (κ2) is 9.63. The minimum absolute atomic E-state index is 0.00730. The molecule has 0 saturated carbocycles. The average Bonchev–Trinajstić information content (AvgIpc) is 2.86. The van der Waals surface area contributed by atoms with Crippen molar-refractivity contribution in [1.82, 2.24) is 14.9 Å². The van der Waals surface area contributed by atoms with Gasteiger partial charge in [-0.2, -0.15) is 0 Å². The predicted molar refractivity (Wildman–Crippen MR) is 140 cm³/mol. The van der Waals surface area contributed by atoms with Crippen molar-refractivity contribution in [3.8, 4) is 5.75 Å². The second-order valence-electron chi connectivity index (χ2n) is 11.0. The van der Waals surface area contributed by atoms with E-state index in [-0.39, 0.29) is 17.5 Å². The van der Waals surface area contributed by atoms with Crippen molar-refractivity contribution in [1.29, 1.82) is 0 Å². The van der Waals surface area contributed by atoms with E-state index in [4.69, 9.17) is 4.74 Å². The molecule has 2 aliphatic heterocycles. The summed E-state index contributed by atoms with van der Waals surface area (Å²) in [6.45, 7) is 11.5. The Morgan fingerprint density at radius 1 is 1.16 bits per heavy atom. The number of benzene rings is 2. The first-order valence-corrected chi connectivity index (χ1v) is 12.8. The van der Waals surface area contributed by atoms with Gasteiger partial charge in [0.25, 0.3) is 6.43 Å². The number of aryl methyl sites for hydroxylation is 1. The summed E-state index contributed by atoms with van der Waals surface area (Å²) in [6, 6.07) is 7.23. The summed E-state index contributed by atoms with van der Waals surface area (Å²) in [5, 5.41) is 3.93. The number of amides is 1. The quantitative estimate of drug-likeness (QED) is 0.473. The molecule has 0 radical (unpaired) electrons. The zero-order chi connectivity index (χ0) is 27.4. The van der Waals surface area contributed by atoms with Crippen LogP contribution < -0.4 is 15.0 Å². The van der Waals surface area contributed by atoms with Crippen LogP contribution in [0.2, 0.25) is 0 Å². The number of nitrogens with zero attached hydrogens (tertiary/aromatic N) is 4. The van der Waals surface area contributed by atoms with Crippen molar-refractivity contribution in [2.45, 2.75) is 53.1 Å². The lowest BCUT2D eigenvalue weighted by molar-refractivity contribution is -0.140. The molecule has 38 heavy (non-hydrogen) atoms. The number of nitrogens with one attached hydrogen (secondary N) is 1. The summed E-state index contributed by atoms with van der Waals surface area (Å²) in [6.07, 6.45) is -2.90. The molecule has 1 N–H and O–H groups in total. The van der Waals surface area contributed by atoms with Crippen LogP contribution >= 0.6 is 0 Å². The number of rotatable bonds is 4. The summed E-state index contributed by atoms with van der Waals surface area (Å²) in [7, 11) is 0. The molecule has 10 heteroatoms. The standard InChI is InChI=1S/C28H32F3N5O2/c1-15(18-7-6-8-19(24(18)29)25(30)31)32-26-20-11-22-23(12-21(20)33-16(2)34-26)38-14-17-13-35(9-10-36(17)22)27(37)28(3,4)5/h6-8,11-12,15,17,25H,9-10,13-14H2,1-5H3,(H,32,33,34)/t15-,17-/m1/s1. The maximum atomic E-state index is 14.8. The highest BCUT2D eigenvalue weighted by atomic mass is 19.3. The monoisotopic (exact) mass is 527 g/mol. The Morgan fingerprint density at radius 2 is 1.89 bits per heavy atom. The number of halogens is 3. The maximum Gasteiger partial charge on any atom is 0.266 e. The lowest BCUT2D eigenvalue weighted by atomic mass is 9.93. The molecule has 0 unspecified atom stereocenters. The van der Waals surface area contributed by atoms with E-state index in [0.717, 1.165) is 11.8 Å². The Bertz CT molecular complexity index is 1390. The highest BCUT2D eigenvalue weighted by molar-refractivity contribution is 5.94. The third-order valence-electron chi connectivity index (χ3n) is 7.15. The average molecular weight is 528 g/mol. The van der Waals surface area contributed by atoms with Crippen molar-refractivity contribution in [2.75, 3.05) is 36.5 Å². The van der Waals surface area contributed by atoms with Crippen LogP contribution in [0.4, 0.5) is 24.7 Å². The topological polar surface area (TPSA) is 70.6 Å². The van der Waals surface area contributed by atoms with E-state index >= 15 is 0 Å². The number of anilines is 2. The van der Waals surface area contributed by atoms with Gasteiger partial charge in [0.1, 0.15) is 29.8 Å². The molecular weight excluding hydrogens is 495 g/mol. The number of carbonyl (C=O) groups is 1. The Labute approximate surface area is 220 Å². The summed E-state index contributed by atoms with van der Waals surface area (Å²) >= 11 is 0. The minimum Gasteiger partial charge on any atom is -0.489 e. The van der Waals surface area contributed by atoms with Gasteiger partial charge in [-0.1, -0.05) is 39.0 Å². The van der Waals surface area contributed by atoms with Gasteiger partial charge in [-0.25, -0.2) is 23.1 Å². The molecule has 202 valence electrons. The van der Waals surface area contributed by atoms with E-state index in [2.05, 4.69) is 20.2 Å². The first kappa shape index (κ1) is 26.1. The van der Waals surface area contributed by atoms with Crippen LogP contribution in [0.5, 0.6) is 5.75 Å². The third-order valence-corrected chi connectivity index (χ3v) is 7.15. The maximum absolute atomic E-state index is 14.8. The highest BCUT2D eigenvalue weighted by Gasteiger charge is 2.37. The fourth-order valence-corrected chi connectivity index (χ4v) is 5.23. The summed E-state index contributed by atoms with van der Waals surface area (Å²) in [5.74, 6) is 0.894. The van der Waals surface area contributed by atoms with E-state index < -0.39 is 29.3 Å². The Balaban J connectivity index is 1.47. The van der Waals surface area contributed by atoms with Gasteiger partial charge in [0.05, 0.1) is 28.9 Å². The molecule has 3 aromatic rings. The number of aromatic nitrogens is 2. The van der Waals surface area contributed by atoms with Gasteiger partial charge < -0.3 is 19.9 Å². The Kier molecular flexibility index (Phi) is 6.61. The largest absolute Gasteiger partial charge is 0.489 e. The first-order chi connectivity index (χ1) is 17.9. The fraction of sp³-hybridized carbons (Fsp3) is 0.464. The van der Waals surface area contributed by atoms with Crippen LogP contribution in [0, 0.1) is 18.2 Å². The number of hydrogen-bond acceptors (Lipinski definition) is 6. The molecule has 0 aliphatic carbocycles. The number of ether oxygens (including phenoxy) is 1. The molecule has 0 spiro atoms. The van der Waals surface area contributed by atoms with Crippen LogP contribution in [0.25, 0.3) is 10.9 Å². The van der Waals surface area contributed by atoms with Gasteiger partial charge in [-0.3, -0.25) is 4.79 Å². The molecule has 3 heterocycles. The van der Waals surface area contributed by atoms with Gasteiger partial charge in [0.2, 0.25) is 5.91 Å². The molecule has 5 rings (SSSR count). The highest BCUT2D eigenvalue weighted by Crippen LogP contribution is 2.40. The van der Waals surface area contributed by atoms with Gasteiger partial charge in [0.15, 0.2) is 0 Å². The van der Waals surface area contributed by atoms with Gasteiger partial charge >= 0.3 is 0 Å². The number of piperazine rings is 1. The summed E-state index contributed by atoms with van der Waals surface area (Å²) in [4.78, 5) is 26.2. The lowest BCUT2D eigenvalue weighted by Crippen LogP contribution is -2.59. The molecule has 1 aromatic heterocycles. The number of carbonyl (C=O) groups excluding carboxylic acids is 1. The van der Waals surface area contributed by atoms with Crippen LogP contribution in [-0.2, 0) is 4.79 Å². The smallest absolute Gasteiger partial charge is 0.266 e. The second-order valence-corrected chi connectivity index (χ2v) is 11.0. The first-order valence-electron chi connectivity index (χ1n) is 12.8. The molecule has 2 atom stereocenters. The summed E-state index contributed by atoms with van der Waals surface area (Å²) < 4.78 is 47.5. The Hall–Kier alpha value is -3.56. The third kappa shape index (κ3) is 4.72. The fourth-order valence-electron chi connectivity index (χ4n) is 5.23. The van der Waals surface area contributed by atoms with Crippen molar-refractivity contribution in [2.24, 2.45) is 5.41 Å². The normalized spacial score (nSPS) is 18.2. The molecule has 2 aromatic carbocycles. The lowest BCUT2D eigenvalue weighted by Gasteiger charge is -2.46. The molecule has 7 nitrogen and oxygen atoms in total. The molecule has 1 saturated heterocycles. The van der Waals surface area contributed by atoms with E-state index in [9.17, 15) is 18.0 Å². The SMILES string of the molecule is Cc1nc(N[C@H](C)c2cccc(C(F)F)c2F)c2cc3c(cc2n1)OC[C@H]1CN(C(=O)C(C)(C)C)CCN31. The zero-order valence-corrected chi connectivity index (χ0v) is 22.2. The Morgan fingerprint density at radius 3 is 2.61 bits per heavy atom. The number of alkyl halides is 2. The molecule has 1 amide bonds. The van der Waals surface area contributed by atoms with Crippen molar-refractivity contribution >= 4 is 28.3 Å². The van der Waals surface area contributed by atoms with Crippen molar-refractivity contribution < 1.29 is 22.7 Å². The zero-order valence-electron chi connectivity index (χ0n) is 22.2. The number of hydrogen-bond donors (Lipinski definition) is 1. The number of fused-ring (bicyclic) bond motifs is 4. The summed E-state index contributed by atoms with van der Waals surface area (Å²) in [5.41, 5.74) is 0.597. The predicted octanol–water partition coefficient (Wildman–Crippen LogP) is 5.64. The molecular formula is C28H32F3N5O2. The molecule has 2 aliphatic rings. The van der Waals surface area contributed by atoms with Crippen LogP contribution in [-0.4, -0.2) is 53.1 Å². The van der Waals surface area contributed by atoms with E-state index in [1.54, 1.807) is 13.8 Å². The molecule has 1 fully saturated rings. The van der Waals surface area contributed by atoms with Crippen LogP contribution in [0.15, 0.2) is 30.3 Å². The van der Waals surface area contributed by atoms with Gasteiger partial charge in [-0.05, 0) is 19.9 Å². The van der Waals surface area contributed by atoms with Crippen molar-refractivity contribution in [3.63, 3.8) is 0 Å².